The molecule has 0 heterocycles. The first-order valence-corrected chi connectivity index (χ1v) is 6.21. The highest BCUT2D eigenvalue weighted by atomic mass is 19.1. The Morgan fingerprint density at radius 1 is 1.25 bits per heavy atom. The first-order valence-electron chi connectivity index (χ1n) is 6.21. The Bertz CT molecular complexity index is 662. The number of halogens is 1. The maximum atomic E-state index is 13.7. The number of hydrogen-bond acceptors (Lipinski definition) is 3. The molecule has 102 valence electrons. The van der Waals surface area contributed by atoms with E-state index in [4.69, 9.17) is 10.00 Å². The summed E-state index contributed by atoms with van der Waals surface area (Å²) in [7, 11) is 1.63. The fourth-order valence-corrected chi connectivity index (χ4v) is 1.95. The second kappa shape index (κ2) is 6.07. The molecule has 0 aliphatic carbocycles. The first kappa shape index (κ1) is 13.9. The SMILES string of the molecule is COc1ccc(NCc2ccc(C#N)cc2F)cc1C. The number of anilines is 1. The third-order valence-corrected chi connectivity index (χ3v) is 3.06. The van der Waals surface area contributed by atoms with Crippen molar-refractivity contribution in [2.45, 2.75) is 13.5 Å². The molecule has 0 unspecified atom stereocenters. The zero-order chi connectivity index (χ0) is 14.5. The number of methoxy groups -OCH3 is 1. The molecule has 0 bridgehead atoms. The van der Waals surface area contributed by atoms with Crippen molar-refractivity contribution >= 4 is 5.69 Å². The number of nitrogens with zero attached hydrogens (tertiary/aromatic N) is 1. The molecule has 2 aromatic carbocycles. The van der Waals surface area contributed by atoms with E-state index in [1.165, 1.54) is 6.07 Å². The smallest absolute Gasteiger partial charge is 0.129 e. The number of benzene rings is 2. The normalized spacial score (nSPS) is 9.90. The molecular formula is C16H15FN2O. The number of hydrogen-bond donors (Lipinski definition) is 1. The van der Waals surface area contributed by atoms with Crippen molar-refractivity contribution in [1.82, 2.24) is 0 Å². The van der Waals surface area contributed by atoms with Crippen molar-refractivity contribution in [3.63, 3.8) is 0 Å². The van der Waals surface area contributed by atoms with Crippen molar-refractivity contribution in [2.75, 3.05) is 12.4 Å². The molecule has 0 aromatic heterocycles. The van der Waals surface area contributed by atoms with Crippen LogP contribution in [0.4, 0.5) is 10.1 Å². The number of rotatable bonds is 4. The van der Waals surface area contributed by atoms with Crippen LogP contribution in [0.3, 0.4) is 0 Å². The Morgan fingerprint density at radius 3 is 2.65 bits per heavy atom. The quantitative estimate of drug-likeness (QED) is 0.922. The van der Waals surface area contributed by atoms with Crippen molar-refractivity contribution < 1.29 is 9.13 Å². The van der Waals surface area contributed by atoms with Gasteiger partial charge >= 0.3 is 0 Å². The largest absolute Gasteiger partial charge is 0.496 e. The van der Waals surface area contributed by atoms with Crippen LogP contribution in [0.15, 0.2) is 36.4 Å². The molecule has 1 N–H and O–H groups in total. The molecule has 0 aliphatic rings. The predicted molar refractivity (Wildman–Crippen MR) is 76.2 cm³/mol. The van der Waals surface area contributed by atoms with Crippen LogP contribution in [0, 0.1) is 24.1 Å². The molecule has 0 spiro atoms. The van der Waals surface area contributed by atoms with E-state index >= 15 is 0 Å². The summed E-state index contributed by atoms with van der Waals surface area (Å²) in [4.78, 5) is 0. The molecule has 0 aliphatic heterocycles. The average molecular weight is 270 g/mol. The van der Waals surface area contributed by atoms with Crippen molar-refractivity contribution in [3.8, 4) is 11.8 Å². The number of nitrogens with one attached hydrogen (secondary N) is 1. The summed E-state index contributed by atoms with van der Waals surface area (Å²) in [6.45, 7) is 2.32. The summed E-state index contributed by atoms with van der Waals surface area (Å²) in [5.41, 5.74) is 2.76. The molecule has 0 fully saturated rings. The van der Waals surface area contributed by atoms with Gasteiger partial charge in [0.25, 0.3) is 0 Å². The summed E-state index contributed by atoms with van der Waals surface area (Å²) in [5, 5.41) is 11.8. The monoisotopic (exact) mass is 270 g/mol. The molecule has 2 rings (SSSR count). The van der Waals surface area contributed by atoms with Crippen LogP contribution in [-0.2, 0) is 6.54 Å². The van der Waals surface area contributed by atoms with Gasteiger partial charge in [-0.2, -0.15) is 5.26 Å². The topological polar surface area (TPSA) is 45.0 Å². The molecule has 0 atom stereocenters. The van der Waals surface area contributed by atoms with Gasteiger partial charge in [0.15, 0.2) is 0 Å². The second-order valence-electron chi connectivity index (χ2n) is 4.46. The zero-order valence-electron chi connectivity index (χ0n) is 11.4. The van der Waals surface area contributed by atoms with E-state index < -0.39 is 0 Å². The fraction of sp³-hybridized carbons (Fsp3) is 0.188. The van der Waals surface area contributed by atoms with Crippen LogP contribution in [0.2, 0.25) is 0 Å². The lowest BCUT2D eigenvalue weighted by molar-refractivity contribution is 0.412. The lowest BCUT2D eigenvalue weighted by atomic mass is 10.1. The lowest BCUT2D eigenvalue weighted by Crippen LogP contribution is -2.02. The standard InChI is InChI=1S/C16H15FN2O/c1-11-7-14(5-6-16(11)20-2)19-10-13-4-3-12(9-18)8-15(13)17/h3-8,19H,10H2,1-2H3. The third-order valence-electron chi connectivity index (χ3n) is 3.06. The number of nitriles is 1. The Labute approximate surface area is 117 Å². The summed E-state index contributed by atoms with van der Waals surface area (Å²) in [5.74, 6) is 0.446. The number of aryl methyl sites for hydroxylation is 1. The number of ether oxygens (including phenoxy) is 1. The Balaban J connectivity index is 2.09. The molecule has 20 heavy (non-hydrogen) atoms. The maximum absolute atomic E-state index is 13.7. The summed E-state index contributed by atoms with van der Waals surface area (Å²) in [6, 6.07) is 12.1. The van der Waals surface area contributed by atoms with E-state index in [0.717, 1.165) is 17.0 Å². The van der Waals surface area contributed by atoms with Crippen molar-refractivity contribution in [1.29, 1.82) is 5.26 Å². The van der Waals surface area contributed by atoms with Crippen molar-refractivity contribution in [3.05, 3.63) is 58.9 Å². The summed E-state index contributed by atoms with van der Waals surface area (Å²) in [6.07, 6.45) is 0. The molecule has 4 heteroatoms. The van der Waals surface area contributed by atoms with Gasteiger partial charge in [-0.05, 0) is 42.8 Å². The second-order valence-corrected chi connectivity index (χ2v) is 4.46. The molecule has 2 aromatic rings. The summed E-state index contributed by atoms with van der Waals surface area (Å²) >= 11 is 0. The highest BCUT2D eigenvalue weighted by Gasteiger charge is 2.04. The third kappa shape index (κ3) is 3.07. The van der Waals surface area contributed by atoms with E-state index in [2.05, 4.69) is 5.32 Å². The van der Waals surface area contributed by atoms with E-state index in [-0.39, 0.29) is 5.82 Å². The fourth-order valence-electron chi connectivity index (χ4n) is 1.95. The van der Waals surface area contributed by atoms with Crippen LogP contribution >= 0.6 is 0 Å². The van der Waals surface area contributed by atoms with Gasteiger partial charge in [-0.1, -0.05) is 6.07 Å². The minimum atomic E-state index is -0.373. The van der Waals surface area contributed by atoms with Crippen LogP contribution in [-0.4, -0.2) is 7.11 Å². The van der Waals surface area contributed by atoms with Gasteiger partial charge in [0, 0.05) is 17.8 Å². The van der Waals surface area contributed by atoms with Gasteiger partial charge in [0.1, 0.15) is 11.6 Å². The van der Waals surface area contributed by atoms with Crippen molar-refractivity contribution in [2.24, 2.45) is 0 Å². The van der Waals surface area contributed by atoms with E-state index in [1.807, 2.05) is 31.2 Å². The molecule has 0 amide bonds. The van der Waals surface area contributed by atoms with Crippen LogP contribution in [0.5, 0.6) is 5.75 Å². The summed E-state index contributed by atoms with van der Waals surface area (Å²) < 4.78 is 18.9. The lowest BCUT2D eigenvalue weighted by Gasteiger charge is -2.10. The van der Waals surface area contributed by atoms with Gasteiger partial charge in [-0.15, -0.1) is 0 Å². The molecule has 0 saturated carbocycles. The van der Waals surface area contributed by atoms with Crippen LogP contribution in [0.1, 0.15) is 16.7 Å². The van der Waals surface area contributed by atoms with Gasteiger partial charge in [-0.3, -0.25) is 0 Å². The molecule has 3 nitrogen and oxygen atoms in total. The highest BCUT2D eigenvalue weighted by molar-refractivity contribution is 5.51. The maximum Gasteiger partial charge on any atom is 0.129 e. The molecule has 0 radical (unpaired) electrons. The Hall–Kier alpha value is -2.54. The molecule has 0 saturated heterocycles. The molecular weight excluding hydrogens is 255 g/mol. The van der Waals surface area contributed by atoms with E-state index in [1.54, 1.807) is 19.2 Å². The van der Waals surface area contributed by atoms with Crippen LogP contribution in [0.25, 0.3) is 0 Å². The highest BCUT2D eigenvalue weighted by Crippen LogP contribution is 2.22. The minimum Gasteiger partial charge on any atom is -0.496 e. The zero-order valence-corrected chi connectivity index (χ0v) is 11.4. The van der Waals surface area contributed by atoms with Gasteiger partial charge < -0.3 is 10.1 Å². The van der Waals surface area contributed by atoms with E-state index in [0.29, 0.717) is 17.7 Å². The van der Waals surface area contributed by atoms with E-state index in [9.17, 15) is 4.39 Å². The predicted octanol–water partition coefficient (Wildman–Crippen LogP) is 3.63. The Morgan fingerprint density at radius 2 is 2.05 bits per heavy atom. The van der Waals surface area contributed by atoms with Gasteiger partial charge in [-0.25, -0.2) is 4.39 Å². The van der Waals surface area contributed by atoms with Gasteiger partial charge in [0.05, 0.1) is 18.7 Å². The average Bonchev–Trinajstić information content (AvgIpc) is 2.46. The van der Waals surface area contributed by atoms with Crippen LogP contribution < -0.4 is 10.1 Å². The minimum absolute atomic E-state index is 0.326. The Kier molecular flexibility index (Phi) is 4.21. The first-order chi connectivity index (χ1) is 9.63. The van der Waals surface area contributed by atoms with Gasteiger partial charge in [0.2, 0.25) is 0 Å².